The third-order valence-electron chi connectivity index (χ3n) is 4.05. The highest BCUT2D eigenvalue weighted by Crippen LogP contribution is 2.23. The number of nitrogens with one attached hydrogen (secondary N) is 2. The molecule has 0 saturated carbocycles. The second kappa shape index (κ2) is 6.44. The van der Waals surface area contributed by atoms with E-state index in [4.69, 9.17) is 0 Å². The molecule has 0 radical (unpaired) electrons. The first-order chi connectivity index (χ1) is 10.6. The molecule has 1 aliphatic heterocycles. The summed E-state index contributed by atoms with van der Waals surface area (Å²) in [7, 11) is 0. The van der Waals surface area contributed by atoms with Gasteiger partial charge in [0.15, 0.2) is 0 Å². The van der Waals surface area contributed by atoms with Gasteiger partial charge in [0.05, 0.1) is 17.6 Å². The van der Waals surface area contributed by atoms with Crippen LogP contribution in [0, 0.1) is 6.92 Å². The summed E-state index contributed by atoms with van der Waals surface area (Å²) in [5.41, 5.74) is 1.95. The van der Waals surface area contributed by atoms with Crippen molar-refractivity contribution in [3.05, 3.63) is 24.3 Å². The molecule has 2 aromatic heterocycles. The zero-order chi connectivity index (χ0) is 15.5. The molecule has 22 heavy (non-hydrogen) atoms. The fourth-order valence-electron chi connectivity index (χ4n) is 3.02. The van der Waals surface area contributed by atoms with Crippen molar-refractivity contribution >= 4 is 5.95 Å². The number of aromatic nitrogens is 4. The zero-order valence-electron chi connectivity index (χ0n) is 13.5. The fourth-order valence-corrected chi connectivity index (χ4v) is 3.02. The van der Waals surface area contributed by atoms with E-state index in [1.807, 2.05) is 25.4 Å². The van der Waals surface area contributed by atoms with E-state index >= 15 is 0 Å². The number of hydrogen-bond acceptors (Lipinski definition) is 5. The lowest BCUT2D eigenvalue weighted by molar-refractivity contribution is 0.478. The Labute approximate surface area is 131 Å². The van der Waals surface area contributed by atoms with Crippen LogP contribution >= 0.6 is 0 Å². The van der Waals surface area contributed by atoms with E-state index in [0.29, 0.717) is 18.0 Å². The van der Waals surface area contributed by atoms with E-state index in [0.717, 1.165) is 36.7 Å². The number of piperidine rings is 1. The normalized spacial score (nSPS) is 18.6. The molecule has 2 aromatic rings. The van der Waals surface area contributed by atoms with Crippen LogP contribution in [-0.2, 0) is 0 Å². The SMILES string of the molecule is Cc1ncc(-c2ccnc(N[C@H]3CCCNC3)n2)n1C(C)C. The molecule has 0 aromatic carbocycles. The van der Waals surface area contributed by atoms with E-state index in [1.54, 1.807) is 0 Å². The van der Waals surface area contributed by atoms with Gasteiger partial charge < -0.3 is 15.2 Å². The molecule has 2 N–H and O–H groups in total. The molecule has 3 rings (SSSR count). The van der Waals surface area contributed by atoms with Gasteiger partial charge >= 0.3 is 0 Å². The predicted octanol–water partition coefficient (Wildman–Crippen LogP) is 2.39. The molecule has 1 saturated heterocycles. The molecule has 1 aliphatic rings. The summed E-state index contributed by atoms with van der Waals surface area (Å²) in [6.45, 7) is 8.42. The Morgan fingerprint density at radius 2 is 2.23 bits per heavy atom. The van der Waals surface area contributed by atoms with Crippen LogP contribution in [0.1, 0.15) is 38.6 Å². The number of imidazole rings is 1. The van der Waals surface area contributed by atoms with Crippen molar-refractivity contribution in [1.29, 1.82) is 0 Å². The summed E-state index contributed by atoms with van der Waals surface area (Å²) >= 11 is 0. The van der Waals surface area contributed by atoms with Crippen molar-refractivity contribution in [3.63, 3.8) is 0 Å². The van der Waals surface area contributed by atoms with Crippen molar-refractivity contribution in [1.82, 2.24) is 24.8 Å². The third kappa shape index (κ3) is 3.11. The quantitative estimate of drug-likeness (QED) is 0.907. The van der Waals surface area contributed by atoms with Crippen LogP contribution in [0.25, 0.3) is 11.4 Å². The Morgan fingerprint density at radius 1 is 1.36 bits per heavy atom. The summed E-state index contributed by atoms with van der Waals surface area (Å²) in [6, 6.07) is 2.70. The second-order valence-corrected chi connectivity index (χ2v) is 6.11. The molecule has 118 valence electrons. The molecule has 1 fully saturated rings. The van der Waals surface area contributed by atoms with E-state index in [2.05, 4.69) is 44.0 Å². The Balaban J connectivity index is 1.85. The van der Waals surface area contributed by atoms with Gasteiger partial charge in [-0.2, -0.15) is 0 Å². The van der Waals surface area contributed by atoms with Crippen molar-refractivity contribution in [3.8, 4) is 11.4 Å². The molecule has 0 aliphatic carbocycles. The van der Waals surface area contributed by atoms with Gasteiger partial charge in [-0.05, 0) is 46.2 Å². The van der Waals surface area contributed by atoms with Crippen LogP contribution in [0.15, 0.2) is 18.5 Å². The Hall–Kier alpha value is -1.95. The minimum atomic E-state index is 0.353. The maximum atomic E-state index is 4.68. The minimum absolute atomic E-state index is 0.353. The van der Waals surface area contributed by atoms with Gasteiger partial charge in [-0.25, -0.2) is 15.0 Å². The summed E-state index contributed by atoms with van der Waals surface area (Å²) < 4.78 is 2.20. The van der Waals surface area contributed by atoms with Gasteiger partial charge in [-0.1, -0.05) is 0 Å². The van der Waals surface area contributed by atoms with E-state index in [1.165, 1.54) is 6.42 Å². The number of hydrogen-bond donors (Lipinski definition) is 2. The highest BCUT2D eigenvalue weighted by molar-refractivity contribution is 5.56. The number of anilines is 1. The third-order valence-corrected chi connectivity index (χ3v) is 4.05. The van der Waals surface area contributed by atoms with Gasteiger partial charge in [0.1, 0.15) is 5.82 Å². The van der Waals surface area contributed by atoms with Crippen LogP contribution in [0.5, 0.6) is 0 Å². The predicted molar refractivity (Wildman–Crippen MR) is 87.9 cm³/mol. The highest BCUT2D eigenvalue weighted by Gasteiger charge is 2.16. The molecule has 3 heterocycles. The molecular weight excluding hydrogens is 276 g/mol. The first-order valence-electron chi connectivity index (χ1n) is 7.99. The molecular formula is C16H24N6. The fraction of sp³-hybridized carbons (Fsp3) is 0.562. The summed E-state index contributed by atoms with van der Waals surface area (Å²) in [5.74, 6) is 1.70. The topological polar surface area (TPSA) is 67.7 Å². The molecule has 6 heteroatoms. The van der Waals surface area contributed by atoms with Crippen LogP contribution in [-0.4, -0.2) is 38.7 Å². The van der Waals surface area contributed by atoms with Crippen LogP contribution < -0.4 is 10.6 Å². The number of rotatable bonds is 4. The van der Waals surface area contributed by atoms with Crippen molar-refractivity contribution < 1.29 is 0 Å². The lowest BCUT2D eigenvalue weighted by Gasteiger charge is -2.23. The molecule has 1 atom stereocenters. The molecule has 6 nitrogen and oxygen atoms in total. The Bertz CT molecular complexity index is 627. The lowest BCUT2D eigenvalue weighted by Crippen LogP contribution is -2.38. The largest absolute Gasteiger partial charge is 0.350 e. The molecule has 0 amide bonds. The number of nitrogens with zero attached hydrogens (tertiary/aromatic N) is 4. The average molecular weight is 300 g/mol. The van der Waals surface area contributed by atoms with Crippen LogP contribution in [0.3, 0.4) is 0 Å². The van der Waals surface area contributed by atoms with Gasteiger partial charge in [0.25, 0.3) is 0 Å². The Morgan fingerprint density at radius 3 is 2.95 bits per heavy atom. The maximum absolute atomic E-state index is 4.68. The van der Waals surface area contributed by atoms with E-state index in [9.17, 15) is 0 Å². The summed E-state index contributed by atoms with van der Waals surface area (Å²) in [5, 5.41) is 6.83. The van der Waals surface area contributed by atoms with Crippen molar-refractivity contribution in [2.24, 2.45) is 0 Å². The number of aryl methyl sites for hydroxylation is 1. The van der Waals surface area contributed by atoms with Crippen LogP contribution in [0.4, 0.5) is 5.95 Å². The first kappa shape index (κ1) is 15.0. The van der Waals surface area contributed by atoms with Gasteiger partial charge in [0.2, 0.25) is 5.95 Å². The summed E-state index contributed by atoms with van der Waals surface area (Å²) in [6.07, 6.45) is 6.05. The van der Waals surface area contributed by atoms with E-state index in [-0.39, 0.29) is 0 Å². The average Bonchev–Trinajstić information content (AvgIpc) is 2.90. The van der Waals surface area contributed by atoms with Crippen LogP contribution in [0.2, 0.25) is 0 Å². The van der Waals surface area contributed by atoms with Gasteiger partial charge in [0, 0.05) is 24.8 Å². The van der Waals surface area contributed by atoms with Crippen molar-refractivity contribution in [2.75, 3.05) is 18.4 Å². The first-order valence-corrected chi connectivity index (χ1v) is 7.99. The van der Waals surface area contributed by atoms with Gasteiger partial charge in [-0.3, -0.25) is 0 Å². The standard InChI is InChI=1S/C16H24N6/c1-11(2)22-12(3)19-10-15(22)14-6-8-18-16(21-14)20-13-5-4-7-17-9-13/h6,8,10-11,13,17H,4-5,7,9H2,1-3H3,(H,18,20,21)/t13-/m0/s1. The highest BCUT2D eigenvalue weighted by atomic mass is 15.2. The molecule has 0 spiro atoms. The molecule has 0 unspecified atom stereocenters. The summed E-state index contributed by atoms with van der Waals surface area (Å²) in [4.78, 5) is 13.5. The lowest BCUT2D eigenvalue weighted by atomic mass is 10.1. The monoisotopic (exact) mass is 300 g/mol. The molecule has 0 bridgehead atoms. The zero-order valence-corrected chi connectivity index (χ0v) is 13.5. The Kier molecular flexibility index (Phi) is 4.38. The second-order valence-electron chi connectivity index (χ2n) is 6.11. The van der Waals surface area contributed by atoms with Gasteiger partial charge in [-0.15, -0.1) is 0 Å². The van der Waals surface area contributed by atoms with E-state index < -0.39 is 0 Å². The maximum Gasteiger partial charge on any atom is 0.223 e. The smallest absolute Gasteiger partial charge is 0.223 e. The minimum Gasteiger partial charge on any atom is -0.350 e. The van der Waals surface area contributed by atoms with Crippen molar-refractivity contribution in [2.45, 2.75) is 45.7 Å².